The fraction of sp³-hybridized carbons (Fsp3) is 0.545. The molecule has 0 saturated heterocycles. The van der Waals surface area contributed by atoms with E-state index in [1.165, 1.54) is 11.1 Å². The number of hydrogen-bond acceptors (Lipinski definition) is 2. The topological polar surface area (TPSA) is 22.1 Å². The summed E-state index contributed by atoms with van der Waals surface area (Å²) in [5.41, 5.74) is 3.84. The Balaban J connectivity index is 2.42. The van der Waals surface area contributed by atoms with Crippen LogP contribution in [0.5, 0.6) is 0 Å². The van der Waals surface area contributed by atoms with Gasteiger partial charge in [-0.3, -0.25) is 4.98 Å². The van der Waals surface area contributed by atoms with Gasteiger partial charge in [0.1, 0.15) is 0 Å². The first kappa shape index (κ1) is 8.70. The molecule has 0 aromatic carbocycles. The van der Waals surface area contributed by atoms with Crippen molar-refractivity contribution in [3.8, 4) is 0 Å². The van der Waals surface area contributed by atoms with Crippen LogP contribution >= 0.6 is 0 Å². The quantitative estimate of drug-likeness (QED) is 0.607. The number of hydrogen-bond donors (Lipinski definition) is 0. The molecule has 2 heterocycles. The molecule has 2 nitrogen and oxygen atoms in total. The molecule has 0 bridgehead atoms. The van der Waals surface area contributed by atoms with Crippen molar-refractivity contribution in [2.75, 3.05) is 0 Å². The summed E-state index contributed by atoms with van der Waals surface area (Å²) in [4.78, 5) is 4.44. The van der Waals surface area contributed by atoms with Gasteiger partial charge in [-0.05, 0) is 11.6 Å². The van der Waals surface area contributed by atoms with Gasteiger partial charge in [0.05, 0.1) is 13.2 Å². The molecule has 0 atom stereocenters. The van der Waals surface area contributed by atoms with Gasteiger partial charge in [-0.25, -0.2) is 0 Å². The number of rotatable bonds is 0. The zero-order valence-corrected chi connectivity index (χ0v) is 8.42. The molecule has 0 aliphatic carbocycles. The smallest absolute Gasteiger partial charge is 0.0740 e. The molecule has 0 unspecified atom stereocenters. The normalized spacial score (nSPS) is 15.9. The standard InChI is InChI=1S/C11H15NO/c1-11(2,3)10-4-8-6-13-7-9(8)5-12-10/h4-5H,6-7H2,1-3H3. The molecule has 13 heavy (non-hydrogen) atoms. The zero-order valence-electron chi connectivity index (χ0n) is 8.42. The Labute approximate surface area is 78.9 Å². The summed E-state index contributed by atoms with van der Waals surface area (Å²) in [6.07, 6.45) is 1.95. The summed E-state index contributed by atoms with van der Waals surface area (Å²) < 4.78 is 5.34. The van der Waals surface area contributed by atoms with Crippen molar-refractivity contribution in [2.24, 2.45) is 0 Å². The van der Waals surface area contributed by atoms with E-state index in [9.17, 15) is 0 Å². The van der Waals surface area contributed by atoms with Crippen molar-refractivity contribution >= 4 is 0 Å². The van der Waals surface area contributed by atoms with E-state index in [0.29, 0.717) is 0 Å². The van der Waals surface area contributed by atoms with Crippen LogP contribution in [-0.4, -0.2) is 4.98 Å². The molecule has 2 heteroatoms. The Morgan fingerprint density at radius 2 is 1.92 bits per heavy atom. The third-order valence-corrected chi connectivity index (χ3v) is 2.37. The first-order valence-corrected chi connectivity index (χ1v) is 4.63. The van der Waals surface area contributed by atoms with E-state index in [-0.39, 0.29) is 5.41 Å². The molecular weight excluding hydrogens is 162 g/mol. The molecular formula is C11H15NO. The minimum atomic E-state index is 0.137. The zero-order chi connectivity index (χ0) is 9.47. The summed E-state index contributed by atoms with van der Waals surface area (Å²) >= 11 is 0. The Hall–Kier alpha value is -0.890. The molecule has 70 valence electrons. The van der Waals surface area contributed by atoms with Crippen LogP contribution in [0.2, 0.25) is 0 Å². The minimum Gasteiger partial charge on any atom is -0.372 e. The van der Waals surface area contributed by atoms with E-state index in [0.717, 1.165) is 18.9 Å². The lowest BCUT2D eigenvalue weighted by molar-refractivity contribution is 0.134. The Morgan fingerprint density at radius 3 is 2.62 bits per heavy atom. The van der Waals surface area contributed by atoms with Crippen LogP contribution in [0.4, 0.5) is 0 Å². The Morgan fingerprint density at radius 1 is 1.23 bits per heavy atom. The molecule has 1 aromatic heterocycles. The van der Waals surface area contributed by atoms with Gasteiger partial charge in [0.25, 0.3) is 0 Å². The molecule has 1 aliphatic rings. The van der Waals surface area contributed by atoms with Gasteiger partial charge in [0.15, 0.2) is 0 Å². The van der Waals surface area contributed by atoms with Crippen LogP contribution in [0, 0.1) is 0 Å². The molecule has 0 saturated carbocycles. The molecule has 0 spiro atoms. The van der Waals surface area contributed by atoms with Crippen LogP contribution < -0.4 is 0 Å². The largest absolute Gasteiger partial charge is 0.372 e. The van der Waals surface area contributed by atoms with Crippen molar-refractivity contribution in [1.29, 1.82) is 0 Å². The summed E-state index contributed by atoms with van der Waals surface area (Å²) in [6.45, 7) is 8.01. The highest BCUT2D eigenvalue weighted by molar-refractivity contribution is 5.30. The average Bonchev–Trinajstić information content (AvgIpc) is 2.47. The van der Waals surface area contributed by atoms with Crippen molar-refractivity contribution in [3.05, 3.63) is 29.1 Å². The minimum absolute atomic E-state index is 0.137. The number of aromatic nitrogens is 1. The van der Waals surface area contributed by atoms with Crippen LogP contribution in [0.3, 0.4) is 0 Å². The summed E-state index contributed by atoms with van der Waals surface area (Å²) in [5, 5.41) is 0. The van der Waals surface area contributed by atoms with Gasteiger partial charge in [-0.15, -0.1) is 0 Å². The van der Waals surface area contributed by atoms with E-state index in [1.54, 1.807) is 0 Å². The predicted molar refractivity (Wildman–Crippen MR) is 51.4 cm³/mol. The first-order valence-electron chi connectivity index (χ1n) is 4.63. The summed E-state index contributed by atoms with van der Waals surface area (Å²) in [7, 11) is 0. The molecule has 0 radical (unpaired) electrons. The highest BCUT2D eigenvalue weighted by Crippen LogP contribution is 2.25. The molecule has 0 amide bonds. The Kier molecular flexibility index (Phi) is 1.88. The first-order chi connectivity index (χ1) is 6.07. The van der Waals surface area contributed by atoms with Crippen LogP contribution in [0.15, 0.2) is 12.3 Å². The SMILES string of the molecule is CC(C)(C)c1cc2c(cn1)COC2. The van der Waals surface area contributed by atoms with Gasteiger partial charge in [-0.1, -0.05) is 20.8 Å². The fourth-order valence-electron chi connectivity index (χ4n) is 1.47. The third kappa shape index (κ3) is 1.59. The lowest BCUT2D eigenvalue weighted by Crippen LogP contribution is -2.13. The highest BCUT2D eigenvalue weighted by atomic mass is 16.5. The fourth-order valence-corrected chi connectivity index (χ4v) is 1.47. The molecule has 0 N–H and O–H groups in total. The predicted octanol–water partition coefficient (Wildman–Crippen LogP) is 2.41. The lowest BCUT2D eigenvalue weighted by atomic mass is 9.90. The monoisotopic (exact) mass is 177 g/mol. The lowest BCUT2D eigenvalue weighted by Gasteiger charge is -2.17. The molecule has 1 aromatic rings. The van der Waals surface area contributed by atoms with Gasteiger partial charge >= 0.3 is 0 Å². The number of pyridine rings is 1. The second-order valence-electron chi connectivity index (χ2n) is 4.58. The van der Waals surface area contributed by atoms with Gasteiger partial charge in [0.2, 0.25) is 0 Å². The van der Waals surface area contributed by atoms with Gasteiger partial charge in [0, 0.05) is 22.9 Å². The van der Waals surface area contributed by atoms with Gasteiger partial charge < -0.3 is 4.74 Å². The van der Waals surface area contributed by atoms with E-state index in [2.05, 4.69) is 31.8 Å². The van der Waals surface area contributed by atoms with Crippen molar-refractivity contribution in [2.45, 2.75) is 39.4 Å². The van der Waals surface area contributed by atoms with E-state index in [4.69, 9.17) is 4.74 Å². The third-order valence-electron chi connectivity index (χ3n) is 2.37. The number of fused-ring (bicyclic) bond motifs is 1. The maximum Gasteiger partial charge on any atom is 0.0740 e. The summed E-state index contributed by atoms with van der Waals surface area (Å²) in [6, 6.07) is 2.17. The second-order valence-corrected chi connectivity index (χ2v) is 4.58. The van der Waals surface area contributed by atoms with E-state index in [1.807, 2.05) is 6.20 Å². The van der Waals surface area contributed by atoms with Crippen molar-refractivity contribution in [1.82, 2.24) is 4.98 Å². The number of ether oxygens (including phenoxy) is 1. The molecule has 2 rings (SSSR count). The van der Waals surface area contributed by atoms with E-state index < -0.39 is 0 Å². The number of nitrogens with zero attached hydrogens (tertiary/aromatic N) is 1. The van der Waals surface area contributed by atoms with E-state index >= 15 is 0 Å². The average molecular weight is 177 g/mol. The Bertz CT molecular complexity index is 325. The van der Waals surface area contributed by atoms with Crippen LogP contribution in [0.1, 0.15) is 37.6 Å². The van der Waals surface area contributed by atoms with Crippen LogP contribution in [0.25, 0.3) is 0 Å². The molecule has 1 aliphatic heterocycles. The highest BCUT2D eigenvalue weighted by Gasteiger charge is 2.19. The maximum absolute atomic E-state index is 5.34. The van der Waals surface area contributed by atoms with Crippen LogP contribution in [-0.2, 0) is 23.4 Å². The summed E-state index contributed by atoms with van der Waals surface area (Å²) in [5.74, 6) is 0. The maximum atomic E-state index is 5.34. The van der Waals surface area contributed by atoms with Crippen molar-refractivity contribution in [3.63, 3.8) is 0 Å². The molecule has 0 fully saturated rings. The van der Waals surface area contributed by atoms with Gasteiger partial charge in [-0.2, -0.15) is 0 Å². The van der Waals surface area contributed by atoms with Crippen molar-refractivity contribution < 1.29 is 4.74 Å². The second kappa shape index (κ2) is 2.81.